The molecule has 5 rings (SSSR count). The molecule has 0 spiro atoms. The molecule has 0 amide bonds. The molecule has 4 aromatic rings. The molecule has 1 aliphatic rings. The van der Waals surface area contributed by atoms with Crippen molar-refractivity contribution in [1.29, 1.82) is 0 Å². The molecule has 1 aromatic carbocycles. The van der Waals surface area contributed by atoms with E-state index in [4.69, 9.17) is 17.2 Å². The van der Waals surface area contributed by atoms with E-state index in [9.17, 15) is 0 Å². The average molecular weight is 468 g/mol. The minimum absolute atomic E-state index is 0.0121. The number of rotatable bonds is 5. The molecule has 34 heavy (non-hydrogen) atoms. The number of anilines is 1. The van der Waals surface area contributed by atoms with Crippen LogP contribution in [0.25, 0.3) is 0 Å². The molecule has 3 aromatic heterocycles. The fourth-order valence-corrected chi connectivity index (χ4v) is 5.21. The molecule has 172 valence electrons. The fourth-order valence-electron chi connectivity index (χ4n) is 4.87. The molecule has 6 heteroatoms. The van der Waals surface area contributed by atoms with Crippen molar-refractivity contribution in [2.45, 2.75) is 46.3 Å². The number of hydrogen-bond donors (Lipinski definition) is 1. The predicted molar refractivity (Wildman–Crippen MR) is 141 cm³/mol. The van der Waals surface area contributed by atoms with Gasteiger partial charge in [0.15, 0.2) is 5.11 Å². The highest BCUT2D eigenvalue weighted by atomic mass is 32.1. The average Bonchev–Trinajstić information content (AvgIpc) is 3.33. The van der Waals surface area contributed by atoms with E-state index in [0.29, 0.717) is 0 Å². The van der Waals surface area contributed by atoms with E-state index in [0.717, 1.165) is 23.0 Å². The topological polar surface area (TPSA) is 46.0 Å². The minimum atomic E-state index is -0.0508. The van der Waals surface area contributed by atoms with Crippen LogP contribution in [-0.4, -0.2) is 19.6 Å². The number of benzene rings is 1. The third-order valence-corrected chi connectivity index (χ3v) is 7.20. The monoisotopic (exact) mass is 467 g/mol. The first-order valence-corrected chi connectivity index (χ1v) is 12.0. The number of thiocarbonyl (C=S) groups is 1. The number of aryl methyl sites for hydroxylation is 3. The molecule has 1 N–H and O–H groups in total. The smallest absolute Gasteiger partial charge is 0.174 e. The Bertz CT molecular complexity index is 1330. The van der Waals surface area contributed by atoms with Crippen molar-refractivity contribution in [3.8, 4) is 0 Å². The summed E-state index contributed by atoms with van der Waals surface area (Å²) in [4.78, 5) is 11.1. The molecule has 0 aliphatic carbocycles. The molecule has 0 saturated carbocycles. The van der Waals surface area contributed by atoms with Gasteiger partial charge in [-0.1, -0.05) is 12.1 Å². The first kappa shape index (κ1) is 22.3. The molecule has 1 aliphatic heterocycles. The Labute approximate surface area is 206 Å². The maximum atomic E-state index is 5.91. The van der Waals surface area contributed by atoms with Crippen molar-refractivity contribution in [1.82, 2.24) is 19.9 Å². The van der Waals surface area contributed by atoms with Gasteiger partial charge in [0.2, 0.25) is 0 Å². The van der Waals surface area contributed by atoms with Gasteiger partial charge in [0, 0.05) is 42.2 Å². The van der Waals surface area contributed by atoms with Crippen molar-refractivity contribution < 1.29 is 0 Å². The summed E-state index contributed by atoms with van der Waals surface area (Å²) in [5.74, 6) is 0. The summed E-state index contributed by atoms with van der Waals surface area (Å²) >= 11 is 5.91. The molecule has 0 bridgehead atoms. The quantitative estimate of drug-likeness (QED) is 0.380. The highest BCUT2D eigenvalue weighted by Gasteiger charge is 2.42. The van der Waals surface area contributed by atoms with Crippen LogP contribution in [0, 0.1) is 27.7 Å². The maximum Gasteiger partial charge on any atom is 0.174 e. The van der Waals surface area contributed by atoms with E-state index in [1.165, 1.54) is 33.6 Å². The second-order valence-corrected chi connectivity index (χ2v) is 9.42. The standard InChI is InChI=1S/C28H29N5S/c1-18-8-9-23(15-19(18)2)33-27(26(31-28(33)34)25-7-5-6-12-30-25)24-16-20(3)32(21(24)4)17-22-10-13-29-14-11-22/h5-16,26-27H,17H2,1-4H3,(H,31,34). The summed E-state index contributed by atoms with van der Waals surface area (Å²) in [6, 6.07) is 19.0. The van der Waals surface area contributed by atoms with E-state index in [2.05, 4.69) is 89.9 Å². The van der Waals surface area contributed by atoms with Gasteiger partial charge in [0.05, 0.1) is 17.8 Å². The first-order valence-electron chi connectivity index (χ1n) is 11.6. The van der Waals surface area contributed by atoms with Gasteiger partial charge in [0.25, 0.3) is 0 Å². The molecule has 4 heterocycles. The van der Waals surface area contributed by atoms with Gasteiger partial charge in [-0.25, -0.2) is 0 Å². The number of hydrogen-bond acceptors (Lipinski definition) is 3. The van der Waals surface area contributed by atoms with Gasteiger partial charge < -0.3 is 14.8 Å². The lowest BCUT2D eigenvalue weighted by molar-refractivity contribution is 0.563. The molecule has 5 nitrogen and oxygen atoms in total. The Morgan fingerprint density at radius 3 is 2.41 bits per heavy atom. The number of pyridine rings is 2. The van der Waals surface area contributed by atoms with Crippen molar-refractivity contribution in [3.05, 3.63) is 113 Å². The van der Waals surface area contributed by atoms with Gasteiger partial charge >= 0.3 is 0 Å². The second-order valence-electron chi connectivity index (χ2n) is 9.03. The van der Waals surface area contributed by atoms with Crippen molar-refractivity contribution >= 4 is 23.0 Å². The highest BCUT2D eigenvalue weighted by Crippen LogP contribution is 2.43. The Balaban J connectivity index is 1.63. The van der Waals surface area contributed by atoms with Crippen LogP contribution in [0.1, 0.15) is 51.4 Å². The summed E-state index contributed by atoms with van der Waals surface area (Å²) < 4.78 is 2.38. The minimum Gasteiger partial charge on any atom is -0.351 e. The summed E-state index contributed by atoms with van der Waals surface area (Å²) in [6.45, 7) is 9.48. The van der Waals surface area contributed by atoms with Crippen LogP contribution >= 0.6 is 12.2 Å². The summed E-state index contributed by atoms with van der Waals surface area (Å²) in [5, 5.41) is 4.31. The zero-order valence-corrected chi connectivity index (χ0v) is 20.8. The van der Waals surface area contributed by atoms with Crippen molar-refractivity contribution in [2.24, 2.45) is 0 Å². The van der Waals surface area contributed by atoms with Crippen LogP contribution in [0.2, 0.25) is 0 Å². The summed E-state index contributed by atoms with van der Waals surface area (Å²) in [7, 11) is 0. The van der Waals surface area contributed by atoms with Crippen molar-refractivity contribution in [2.75, 3.05) is 4.90 Å². The lowest BCUT2D eigenvalue weighted by Crippen LogP contribution is -2.29. The Morgan fingerprint density at radius 1 is 0.912 bits per heavy atom. The third-order valence-electron chi connectivity index (χ3n) is 6.89. The summed E-state index contributed by atoms with van der Waals surface area (Å²) in [6.07, 6.45) is 5.55. The Morgan fingerprint density at radius 2 is 1.71 bits per heavy atom. The van der Waals surface area contributed by atoms with Gasteiger partial charge in [-0.2, -0.15) is 0 Å². The van der Waals surface area contributed by atoms with Crippen LogP contribution in [0.5, 0.6) is 0 Å². The Kier molecular flexibility index (Phi) is 5.92. The van der Waals surface area contributed by atoms with Crippen LogP contribution in [0.4, 0.5) is 5.69 Å². The van der Waals surface area contributed by atoms with E-state index in [1.807, 2.05) is 30.7 Å². The SMILES string of the molecule is Cc1ccc(N2C(=S)NC(c3ccccn3)C2c2cc(C)n(Cc3ccncc3)c2C)cc1C. The second kappa shape index (κ2) is 9.03. The predicted octanol–water partition coefficient (Wildman–Crippen LogP) is 5.74. The normalized spacial score (nSPS) is 17.8. The third kappa shape index (κ3) is 3.99. The number of nitrogens with one attached hydrogen (secondary N) is 1. The van der Waals surface area contributed by atoms with Gasteiger partial charge in [0.1, 0.15) is 0 Å². The van der Waals surface area contributed by atoms with E-state index in [-0.39, 0.29) is 12.1 Å². The van der Waals surface area contributed by atoms with Gasteiger partial charge in [-0.05, 0) is 105 Å². The molecule has 2 atom stereocenters. The van der Waals surface area contributed by atoms with Crippen LogP contribution < -0.4 is 10.2 Å². The molecule has 1 fully saturated rings. The lowest BCUT2D eigenvalue weighted by Gasteiger charge is -2.28. The largest absolute Gasteiger partial charge is 0.351 e. The van der Waals surface area contributed by atoms with Crippen LogP contribution in [0.15, 0.2) is 73.2 Å². The Hall–Kier alpha value is -3.51. The van der Waals surface area contributed by atoms with Gasteiger partial charge in [-0.15, -0.1) is 0 Å². The molecule has 0 radical (unpaired) electrons. The zero-order valence-electron chi connectivity index (χ0n) is 20.0. The molecular weight excluding hydrogens is 438 g/mol. The number of nitrogens with zero attached hydrogens (tertiary/aromatic N) is 4. The van der Waals surface area contributed by atoms with E-state index >= 15 is 0 Å². The molecule has 2 unspecified atom stereocenters. The lowest BCUT2D eigenvalue weighted by atomic mass is 9.96. The van der Waals surface area contributed by atoms with Crippen molar-refractivity contribution in [3.63, 3.8) is 0 Å². The maximum absolute atomic E-state index is 5.91. The summed E-state index contributed by atoms with van der Waals surface area (Å²) in [5.41, 5.74) is 9.56. The fraction of sp³-hybridized carbons (Fsp3) is 0.250. The molecule has 1 saturated heterocycles. The van der Waals surface area contributed by atoms with E-state index in [1.54, 1.807) is 0 Å². The highest BCUT2D eigenvalue weighted by molar-refractivity contribution is 7.80. The number of aromatic nitrogens is 3. The first-order chi connectivity index (χ1) is 16.4. The van der Waals surface area contributed by atoms with Crippen LogP contribution in [0.3, 0.4) is 0 Å². The van der Waals surface area contributed by atoms with E-state index < -0.39 is 0 Å². The molecular formula is C28H29N5S. The van der Waals surface area contributed by atoms with Crippen LogP contribution in [-0.2, 0) is 6.54 Å². The zero-order chi connectivity index (χ0) is 23.8. The van der Waals surface area contributed by atoms with Gasteiger partial charge in [-0.3, -0.25) is 9.97 Å².